The van der Waals surface area contributed by atoms with Crippen molar-refractivity contribution in [2.24, 2.45) is 0 Å². The van der Waals surface area contributed by atoms with Crippen molar-refractivity contribution < 1.29 is 9.90 Å². The average molecular weight is 289 g/mol. The summed E-state index contributed by atoms with van der Waals surface area (Å²) >= 11 is 1.65. The van der Waals surface area contributed by atoms with Gasteiger partial charge in [0, 0.05) is 16.0 Å². The van der Waals surface area contributed by atoms with Gasteiger partial charge >= 0.3 is 0 Å². The van der Waals surface area contributed by atoms with E-state index in [0.717, 1.165) is 17.7 Å². The van der Waals surface area contributed by atoms with Crippen LogP contribution >= 0.6 is 11.3 Å². The zero-order valence-electron chi connectivity index (χ0n) is 11.7. The molecule has 0 aliphatic rings. The first-order valence-corrected chi connectivity index (χ1v) is 7.64. The van der Waals surface area contributed by atoms with E-state index in [2.05, 4.69) is 12.2 Å². The number of thiophene rings is 1. The molecule has 2 N–H and O–H groups in total. The fraction of sp³-hybridized carbons (Fsp3) is 0.312. The zero-order valence-corrected chi connectivity index (χ0v) is 12.5. The van der Waals surface area contributed by atoms with Gasteiger partial charge in [0.25, 0.3) is 5.91 Å². The van der Waals surface area contributed by atoms with Gasteiger partial charge in [-0.1, -0.05) is 25.5 Å². The van der Waals surface area contributed by atoms with Crippen LogP contribution in [-0.2, 0) is 0 Å². The van der Waals surface area contributed by atoms with Crippen molar-refractivity contribution in [2.75, 3.05) is 0 Å². The Hall–Kier alpha value is -1.81. The summed E-state index contributed by atoms with van der Waals surface area (Å²) in [6.45, 7) is 3.86. The van der Waals surface area contributed by atoms with Crippen molar-refractivity contribution in [1.29, 1.82) is 0 Å². The number of rotatable bonds is 5. The largest absolute Gasteiger partial charge is 0.508 e. The maximum absolute atomic E-state index is 12.4. The maximum atomic E-state index is 12.4. The quantitative estimate of drug-likeness (QED) is 0.873. The second kappa shape index (κ2) is 6.57. The number of hydrogen-bond donors (Lipinski definition) is 2. The highest BCUT2D eigenvalue weighted by Gasteiger charge is 2.17. The highest BCUT2D eigenvalue weighted by atomic mass is 32.1. The Kier molecular flexibility index (Phi) is 4.79. The van der Waals surface area contributed by atoms with Crippen LogP contribution in [0.3, 0.4) is 0 Å². The molecule has 0 aliphatic carbocycles. The molecule has 0 bridgehead atoms. The van der Waals surface area contributed by atoms with Crippen LogP contribution in [0.25, 0.3) is 0 Å². The van der Waals surface area contributed by atoms with Crippen LogP contribution in [0.1, 0.15) is 46.6 Å². The summed E-state index contributed by atoms with van der Waals surface area (Å²) in [6, 6.07) is 9.09. The third kappa shape index (κ3) is 3.20. The molecule has 1 heterocycles. The molecule has 1 unspecified atom stereocenters. The summed E-state index contributed by atoms with van der Waals surface area (Å²) in [7, 11) is 0. The van der Waals surface area contributed by atoms with Crippen LogP contribution in [0.2, 0.25) is 0 Å². The molecule has 4 heteroatoms. The van der Waals surface area contributed by atoms with Crippen molar-refractivity contribution in [3.05, 3.63) is 51.7 Å². The second-order valence-electron chi connectivity index (χ2n) is 4.78. The molecular weight excluding hydrogens is 270 g/mol. The molecule has 0 saturated heterocycles. The normalized spacial score (nSPS) is 12.1. The molecule has 1 amide bonds. The summed E-state index contributed by atoms with van der Waals surface area (Å²) in [5.74, 6) is 0.0195. The lowest BCUT2D eigenvalue weighted by atomic mass is 10.1. The highest BCUT2D eigenvalue weighted by molar-refractivity contribution is 7.10. The lowest BCUT2D eigenvalue weighted by Crippen LogP contribution is -2.28. The summed E-state index contributed by atoms with van der Waals surface area (Å²) in [5, 5.41) is 14.8. The van der Waals surface area contributed by atoms with Crippen molar-refractivity contribution in [3.8, 4) is 5.75 Å². The predicted molar refractivity (Wildman–Crippen MR) is 82.3 cm³/mol. The number of amides is 1. The van der Waals surface area contributed by atoms with E-state index in [9.17, 15) is 9.90 Å². The van der Waals surface area contributed by atoms with Crippen LogP contribution in [0, 0.1) is 6.92 Å². The van der Waals surface area contributed by atoms with E-state index < -0.39 is 0 Å². The molecule has 1 aromatic heterocycles. The lowest BCUT2D eigenvalue weighted by Gasteiger charge is -2.17. The summed E-state index contributed by atoms with van der Waals surface area (Å²) in [6.07, 6.45) is 1.91. The smallest absolute Gasteiger partial charge is 0.252 e. The maximum Gasteiger partial charge on any atom is 0.252 e. The van der Waals surface area contributed by atoms with Gasteiger partial charge in [0.1, 0.15) is 5.75 Å². The van der Waals surface area contributed by atoms with Crippen LogP contribution in [-0.4, -0.2) is 11.0 Å². The minimum absolute atomic E-state index is 0.0363. The van der Waals surface area contributed by atoms with E-state index in [4.69, 9.17) is 0 Å². The molecule has 0 aliphatic heterocycles. The minimum atomic E-state index is -0.134. The average Bonchev–Trinajstić information content (AvgIpc) is 2.95. The fourth-order valence-corrected chi connectivity index (χ4v) is 2.98. The van der Waals surface area contributed by atoms with Gasteiger partial charge < -0.3 is 10.4 Å². The van der Waals surface area contributed by atoms with E-state index in [1.54, 1.807) is 36.5 Å². The Bertz CT molecular complexity index is 578. The van der Waals surface area contributed by atoms with Crippen molar-refractivity contribution in [3.63, 3.8) is 0 Å². The van der Waals surface area contributed by atoms with Crippen molar-refractivity contribution >= 4 is 17.2 Å². The number of hydrogen-bond acceptors (Lipinski definition) is 3. The summed E-state index contributed by atoms with van der Waals surface area (Å²) < 4.78 is 0. The molecule has 0 radical (unpaired) electrons. The molecule has 2 rings (SSSR count). The van der Waals surface area contributed by atoms with Gasteiger partial charge in [-0.25, -0.2) is 0 Å². The fourth-order valence-electron chi connectivity index (χ4n) is 2.17. The molecule has 0 fully saturated rings. The minimum Gasteiger partial charge on any atom is -0.508 e. The third-order valence-electron chi connectivity index (χ3n) is 3.32. The number of carbonyl (C=O) groups excluding carboxylic acids is 1. The lowest BCUT2D eigenvalue weighted by molar-refractivity contribution is 0.0934. The van der Waals surface area contributed by atoms with Gasteiger partial charge in [-0.2, -0.15) is 0 Å². The standard InChI is InChI=1S/C16H19NO2S/c1-3-6-13(15-9-5-10-20-15)17-16(19)12-7-4-8-14(18)11(12)2/h4-5,7-10,13,18H,3,6H2,1-2H3,(H,17,19). The first-order valence-electron chi connectivity index (χ1n) is 6.76. The first kappa shape index (κ1) is 14.6. The Morgan fingerprint density at radius 1 is 1.35 bits per heavy atom. The third-order valence-corrected chi connectivity index (χ3v) is 4.31. The van der Waals surface area contributed by atoms with Gasteiger partial charge in [0.2, 0.25) is 0 Å². The van der Waals surface area contributed by atoms with Crippen molar-refractivity contribution in [2.45, 2.75) is 32.7 Å². The van der Waals surface area contributed by atoms with Crippen LogP contribution in [0.4, 0.5) is 0 Å². The number of nitrogens with one attached hydrogen (secondary N) is 1. The van der Waals surface area contributed by atoms with Gasteiger partial charge in [-0.05, 0) is 36.9 Å². The van der Waals surface area contributed by atoms with Gasteiger partial charge in [-0.3, -0.25) is 4.79 Å². The van der Waals surface area contributed by atoms with Crippen LogP contribution in [0.15, 0.2) is 35.7 Å². The molecule has 1 aromatic carbocycles. The number of aromatic hydroxyl groups is 1. The molecular formula is C16H19NO2S. The van der Waals surface area contributed by atoms with Gasteiger partial charge in [-0.15, -0.1) is 11.3 Å². The first-order chi connectivity index (χ1) is 9.63. The summed E-state index contributed by atoms with van der Waals surface area (Å²) in [5.41, 5.74) is 1.15. The Morgan fingerprint density at radius 2 is 2.15 bits per heavy atom. The Morgan fingerprint density at radius 3 is 2.80 bits per heavy atom. The number of phenolic OH excluding ortho intramolecular Hbond substituents is 1. The summed E-state index contributed by atoms with van der Waals surface area (Å²) in [4.78, 5) is 13.5. The van der Waals surface area contributed by atoms with Crippen LogP contribution in [0.5, 0.6) is 5.75 Å². The zero-order chi connectivity index (χ0) is 14.5. The Balaban J connectivity index is 2.18. The Labute approximate surface area is 123 Å². The molecule has 3 nitrogen and oxygen atoms in total. The number of benzene rings is 1. The molecule has 2 aromatic rings. The van der Waals surface area contributed by atoms with Crippen molar-refractivity contribution in [1.82, 2.24) is 5.32 Å². The molecule has 20 heavy (non-hydrogen) atoms. The monoisotopic (exact) mass is 289 g/mol. The van der Waals surface area contributed by atoms with Crippen LogP contribution < -0.4 is 5.32 Å². The number of phenols is 1. The highest BCUT2D eigenvalue weighted by Crippen LogP contribution is 2.25. The number of carbonyl (C=O) groups is 1. The van der Waals surface area contributed by atoms with E-state index in [1.165, 1.54) is 0 Å². The topological polar surface area (TPSA) is 49.3 Å². The second-order valence-corrected chi connectivity index (χ2v) is 5.76. The van der Waals surface area contributed by atoms with Gasteiger partial charge in [0.15, 0.2) is 0 Å². The predicted octanol–water partition coefficient (Wildman–Crippen LogP) is 4.03. The molecule has 0 saturated carbocycles. The molecule has 106 valence electrons. The van der Waals surface area contributed by atoms with E-state index in [0.29, 0.717) is 11.1 Å². The van der Waals surface area contributed by atoms with E-state index in [1.807, 2.05) is 17.5 Å². The molecule has 0 spiro atoms. The SMILES string of the molecule is CCCC(NC(=O)c1cccc(O)c1C)c1cccs1. The van der Waals surface area contributed by atoms with E-state index >= 15 is 0 Å². The van der Waals surface area contributed by atoms with E-state index in [-0.39, 0.29) is 17.7 Å². The molecule has 1 atom stereocenters. The van der Waals surface area contributed by atoms with Gasteiger partial charge in [0.05, 0.1) is 6.04 Å².